The first-order valence-corrected chi connectivity index (χ1v) is 7.26. The van der Waals surface area contributed by atoms with E-state index in [2.05, 4.69) is 0 Å². The van der Waals surface area contributed by atoms with Crippen molar-refractivity contribution >= 4 is 5.97 Å². The number of rotatable bonds is 3. The standard InChI is InChI=1S/C16H20O4/c1-9-7-11-8-10(5-6-14(11)20-9)15(17)12-3-2-4-13(12)16(18)19/h5-6,8-9,12-13,15,17H,2-4,7H2,1H3,(H,18,19). The first-order valence-electron chi connectivity index (χ1n) is 7.26. The van der Waals surface area contributed by atoms with Crippen molar-refractivity contribution in [1.82, 2.24) is 0 Å². The molecule has 0 radical (unpaired) electrons. The van der Waals surface area contributed by atoms with Crippen LogP contribution in [0.5, 0.6) is 5.75 Å². The Morgan fingerprint density at radius 1 is 1.40 bits per heavy atom. The van der Waals surface area contributed by atoms with Crippen LogP contribution >= 0.6 is 0 Å². The third-order valence-corrected chi connectivity index (χ3v) is 4.55. The molecule has 0 saturated heterocycles. The molecule has 0 bridgehead atoms. The molecular weight excluding hydrogens is 256 g/mol. The number of hydrogen-bond donors (Lipinski definition) is 2. The molecule has 1 aliphatic carbocycles. The third kappa shape index (κ3) is 2.29. The zero-order chi connectivity index (χ0) is 14.3. The molecule has 1 heterocycles. The molecule has 4 unspecified atom stereocenters. The summed E-state index contributed by atoms with van der Waals surface area (Å²) in [4.78, 5) is 11.2. The molecule has 20 heavy (non-hydrogen) atoms. The first kappa shape index (κ1) is 13.4. The molecule has 1 saturated carbocycles. The number of ether oxygens (including phenoxy) is 1. The van der Waals surface area contributed by atoms with Crippen LogP contribution in [0, 0.1) is 11.8 Å². The Bertz CT molecular complexity index is 525. The Hall–Kier alpha value is -1.55. The van der Waals surface area contributed by atoms with E-state index in [4.69, 9.17) is 4.74 Å². The molecule has 1 aliphatic heterocycles. The van der Waals surface area contributed by atoms with Crippen LogP contribution in [0.4, 0.5) is 0 Å². The van der Waals surface area contributed by atoms with Gasteiger partial charge in [0.15, 0.2) is 0 Å². The van der Waals surface area contributed by atoms with E-state index in [-0.39, 0.29) is 12.0 Å². The van der Waals surface area contributed by atoms with Gasteiger partial charge in [-0.15, -0.1) is 0 Å². The van der Waals surface area contributed by atoms with E-state index in [1.807, 2.05) is 25.1 Å². The van der Waals surface area contributed by atoms with Crippen LogP contribution in [-0.4, -0.2) is 22.3 Å². The van der Waals surface area contributed by atoms with Crippen molar-refractivity contribution in [3.63, 3.8) is 0 Å². The number of benzene rings is 1. The average molecular weight is 276 g/mol. The van der Waals surface area contributed by atoms with Crippen molar-refractivity contribution in [2.75, 3.05) is 0 Å². The molecular formula is C16H20O4. The molecule has 3 rings (SSSR count). The molecule has 0 amide bonds. The lowest BCUT2D eigenvalue weighted by Crippen LogP contribution is -2.23. The molecule has 2 N–H and O–H groups in total. The van der Waals surface area contributed by atoms with Crippen LogP contribution in [0.3, 0.4) is 0 Å². The second-order valence-electron chi connectivity index (χ2n) is 5.98. The largest absolute Gasteiger partial charge is 0.490 e. The van der Waals surface area contributed by atoms with Crippen LogP contribution in [0.15, 0.2) is 18.2 Å². The second-order valence-corrected chi connectivity index (χ2v) is 5.98. The van der Waals surface area contributed by atoms with E-state index in [1.54, 1.807) is 0 Å². The topological polar surface area (TPSA) is 66.8 Å². The Labute approximate surface area is 118 Å². The molecule has 1 aromatic carbocycles. The minimum atomic E-state index is -0.787. The number of fused-ring (bicyclic) bond motifs is 1. The Morgan fingerprint density at radius 2 is 2.20 bits per heavy atom. The molecule has 0 aromatic heterocycles. The third-order valence-electron chi connectivity index (χ3n) is 4.55. The van der Waals surface area contributed by atoms with E-state index in [1.165, 1.54) is 0 Å². The fraction of sp³-hybridized carbons (Fsp3) is 0.562. The Balaban J connectivity index is 1.82. The number of carbonyl (C=O) groups is 1. The maximum absolute atomic E-state index is 11.2. The lowest BCUT2D eigenvalue weighted by atomic mass is 9.86. The van der Waals surface area contributed by atoms with Crippen LogP contribution in [-0.2, 0) is 11.2 Å². The van der Waals surface area contributed by atoms with Crippen molar-refractivity contribution in [3.05, 3.63) is 29.3 Å². The van der Waals surface area contributed by atoms with Gasteiger partial charge in [0.25, 0.3) is 0 Å². The summed E-state index contributed by atoms with van der Waals surface area (Å²) < 4.78 is 5.65. The van der Waals surface area contributed by atoms with Gasteiger partial charge in [0.05, 0.1) is 12.0 Å². The van der Waals surface area contributed by atoms with Crippen LogP contribution in [0.25, 0.3) is 0 Å². The normalized spacial score (nSPS) is 29.8. The van der Waals surface area contributed by atoms with E-state index >= 15 is 0 Å². The zero-order valence-electron chi connectivity index (χ0n) is 11.6. The van der Waals surface area contributed by atoms with Crippen LogP contribution in [0.1, 0.15) is 43.4 Å². The minimum absolute atomic E-state index is 0.176. The number of hydrogen-bond acceptors (Lipinski definition) is 3. The SMILES string of the molecule is CC1Cc2cc(C(O)C3CCCC3C(=O)O)ccc2O1. The summed E-state index contributed by atoms with van der Waals surface area (Å²) in [6.07, 6.45) is 2.66. The quantitative estimate of drug-likeness (QED) is 0.890. The highest BCUT2D eigenvalue weighted by Crippen LogP contribution is 2.41. The van der Waals surface area contributed by atoms with E-state index in [9.17, 15) is 15.0 Å². The second kappa shape index (κ2) is 5.09. The zero-order valence-corrected chi connectivity index (χ0v) is 11.6. The van der Waals surface area contributed by atoms with Crippen LogP contribution in [0.2, 0.25) is 0 Å². The summed E-state index contributed by atoms with van der Waals surface area (Å²) in [6, 6.07) is 5.72. The van der Waals surface area contributed by atoms with Crippen molar-refractivity contribution in [2.24, 2.45) is 11.8 Å². The van der Waals surface area contributed by atoms with Gasteiger partial charge in [-0.25, -0.2) is 0 Å². The van der Waals surface area contributed by atoms with Crippen molar-refractivity contribution in [1.29, 1.82) is 0 Å². The highest BCUT2D eigenvalue weighted by molar-refractivity contribution is 5.70. The molecule has 1 aromatic rings. The molecule has 1 fully saturated rings. The van der Waals surface area contributed by atoms with Gasteiger partial charge in [-0.05, 0) is 43.0 Å². The van der Waals surface area contributed by atoms with Crippen molar-refractivity contribution in [2.45, 2.75) is 44.8 Å². The predicted octanol–water partition coefficient (Wildman–Crippen LogP) is 2.54. The predicted molar refractivity (Wildman–Crippen MR) is 73.7 cm³/mol. The van der Waals surface area contributed by atoms with Gasteiger partial charge in [0.2, 0.25) is 0 Å². The average Bonchev–Trinajstić information content (AvgIpc) is 3.01. The maximum Gasteiger partial charge on any atom is 0.306 e. The number of carboxylic acid groups (broad SMARTS) is 1. The van der Waals surface area contributed by atoms with Gasteiger partial charge in [-0.2, -0.15) is 0 Å². The summed E-state index contributed by atoms with van der Waals surface area (Å²) >= 11 is 0. The Morgan fingerprint density at radius 3 is 2.95 bits per heavy atom. The van der Waals surface area contributed by atoms with Gasteiger partial charge in [-0.1, -0.05) is 12.5 Å². The van der Waals surface area contributed by atoms with E-state index in [0.29, 0.717) is 6.42 Å². The fourth-order valence-electron chi connectivity index (χ4n) is 3.55. The molecule has 108 valence electrons. The highest BCUT2D eigenvalue weighted by atomic mass is 16.5. The lowest BCUT2D eigenvalue weighted by molar-refractivity contribution is -0.144. The maximum atomic E-state index is 11.2. The number of aliphatic hydroxyl groups is 1. The van der Waals surface area contributed by atoms with Gasteiger partial charge < -0.3 is 14.9 Å². The van der Waals surface area contributed by atoms with Gasteiger partial charge in [0, 0.05) is 12.3 Å². The van der Waals surface area contributed by atoms with Crippen molar-refractivity contribution < 1.29 is 19.7 Å². The van der Waals surface area contributed by atoms with E-state index in [0.717, 1.165) is 36.1 Å². The molecule has 2 aliphatic rings. The summed E-state index contributed by atoms with van der Waals surface area (Å²) in [5.41, 5.74) is 1.93. The number of aliphatic hydroxyl groups excluding tert-OH is 1. The van der Waals surface area contributed by atoms with Gasteiger partial charge in [0.1, 0.15) is 11.9 Å². The summed E-state index contributed by atoms with van der Waals surface area (Å²) in [5, 5.41) is 19.8. The summed E-state index contributed by atoms with van der Waals surface area (Å²) in [7, 11) is 0. The van der Waals surface area contributed by atoms with Crippen LogP contribution < -0.4 is 4.74 Å². The summed E-state index contributed by atoms with van der Waals surface area (Å²) in [6.45, 7) is 2.02. The summed E-state index contributed by atoms with van der Waals surface area (Å²) in [5.74, 6) is -0.502. The molecule has 4 heteroatoms. The smallest absolute Gasteiger partial charge is 0.306 e. The van der Waals surface area contributed by atoms with E-state index < -0.39 is 18.0 Å². The number of aliphatic carboxylic acids is 1. The lowest BCUT2D eigenvalue weighted by Gasteiger charge is -2.22. The van der Waals surface area contributed by atoms with Gasteiger partial charge in [-0.3, -0.25) is 4.79 Å². The molecule has 0 spiro atoms. The molecule has 4 atom stereocenters. The highest BCUT2D eigenvalue weighted by Gasteiger charge is 2.38. The Kier molecular flexibility index (Phi) is 3.42. The van der Waals surface area contributed by atoms with Gasteiger partial charge >= 0.3 is 5.97 Å². The first-order chi connectivity index (χ1) is 9.56. The van der Waals surface area contributed by atoms with Crippen molar-refractivity contribution in [3.8, 4) is 5.75 Å². The molecule has 4 nitrogen and oxygen atoms in total. The number of carboxylic acids is 1. The minimum Gasteiger partial charge on any atom is -0.490 e. The monoisotopic (exact) mass is 276 g/mol. The fourth-order valence-corrected chi connectivity index (χ4v) is 3.55.